The molecule has 1 aliphatic rings. The first-order chi connectivity index (χ1) is 6.03. The summed E-state index contributed by atoms with van der Waals surface area (Å²) in [6, 6.07) is 0. The lowest BCUT2D eigenvalue weighted by molar-refractivity contribution is -0.0245. The monoisotopic (exact) mass is 192 g/mol. The van der Waals surface area contributed by atoms with Crippen molar-refractivity contribution in [1.82, 2.24) is 10.2 Å². The number of hydrogen-bond acceptors (Lipinski definition) is 2. The van der Waals surface area contributed by atoms with Crippen molar-refractivity contribution in [2.75, 3.05) is 33.2 Å². The van der Waals surface area contributed by atoms with Gasteiger partial charge >= 0.3 is 0 Å². The number of likely N-dealkylation sites (tertiary alicyclic amines) is 1. The molecule has 1 heterocycles. The highest BCUT2D eigenvalue weighted by Gasteiger charge is 2.33. The van der Waals surface area contributed by atoms with Crippen LogP contribution in [0.25, 0.3) is 0 Å². The Morgan fingerprint density at radius 2 is 2.23 bits per heavy atom. The summed E-state index contributed by atoms with van der Waals surface area (Å²) in [6.07, 6.45) is 1.05. The Kier molecular flexibility index (Phi) is 3.62. The SMILES string of the molecule is CNCC(F)(F)CN1CCC(C)C1. The molecule has 1 aliphatic heterocycles. The second-order valence-corrected chi connectivity index (χ2v) is 4.02. The Hall–Kier alpha value is -0.220. The normalized spacial score (nSPS) is 25.4. The summed E-state index contributed by atoms with van der Waals surface area (Å²) >= 11 is 0. The van der Waals surface area contributed by atoms with E-state index < -0.39 is 5.92 Å². The molecule has 78 valence electrons. The number of nitrogens with zero attached hydrogens (tertiary/aromatic N) is 1. The number of nitrogens with one attached hydrogen (secondary N) is 1. The maximum Gasteiger partial charge on any atom is 0.272 e. The Bertz CT molecular complexity index is 162. The van der Waals surface area contributed by atoms with E-state index in [4.69, 9.17) is 0 Å². The number of halogens is 2. The molecule has 13 heavy (non-hydrogen) atoms. The molecule has 0 aliphatic carbocycles. The first-order valence-corrected chi connectivity index (χ1v) is 4.78. The second kappa shape index (κ2) is 4.33. The molecular formula is C9H18F2N2. The molecule has 2 nitrogen and oxygen atoms in total. The van der Waals surface area contributed by atoms with Crippen LogP contribution in [0, 0.1) is 5.92 Å². The zero-order valence-electron chi connectivity index (χ0n) is 8.32. The molecule has 0 amide bonds. The van der Waals surface area contributed by atoms with Gasteiger partial charge in [0.1, 0.15) is 0 Å². The molecule has 1 atom stereocenters. The molecule has 0 aromatic heterocycles. The number of alkyl halides is 2. The van der Waals surface area contributed by atoms with Gasteiger partial charge in [0.05, 0.1) is 13.1 Å². The summed E-state index contributed by atoms with van der Waals surface area (Å²) in [5.74, 6) is -2.01. The Balaban J connectivity index is 2.30. The Labute approximate surface area is 78.3 Å². The summed E-state index contributed by atoms with van der Waals surface area (Å²) in [4.78, 5) is 1.85. The van der Waals surface area contributed by atoms with E-state index in [0.717, 1.165) is 19.5 Å². The number of rotatable bonds is 4. The third-order valence-corrected chi connectivity index (χ3v) is 2.40. The highest BCUT2D eigenvalue weighted by Crippen LogP contribution is 2.20. The smallest absolute Gasteiger partial charge is 0.272 e. The summed E-state index contributed by atoms with van der Waals surface area (Å²) < 4.78 is 26.2. The average Bonchev–Trinajstić information content (AvgIpc) is 2.34. The van der Waals surface area contributed by atoms with Gasteiger partial charge in [-0.3, -0.25) is 4.90 Å². The van der Waals surface area contributed by atoms with Crippen LogP contribution in [0.15, 0.2) is 0 Å². The molecular weight excluding hydrogens is 174 g/mol. The van der Waals surface area contributed by atoms with E-state index in [1.165, 1.54) is 0 Å². The van der Waals surface area contributed by atoms with Gasteiger partial charge in [0, 0.05) is 6.54 Å². The van der Waals surface area contributed by atoms with Crippen LogP contribution in [-0.2, 0) is 0 Å². The van der Waals surface area contributed by atoms with Crippen molar-refractivity contribution in [2.45, 2.75) is 19.3 Å². The lowest BCUT2D eigenvalue weighted by atomic mass is 10.2. The quantitative estimate of drug-likeness (QED) is 0.719. The molecule has 0 aromatic carbocycles. The summed E-state index contributed by atoms with van der Waals surface area (Å²) in [6.45, 7) is 3.42. The van der Waals surface area contributed by atoms with Crippen LogP contribution in [0.2, 0.25) is 0 Å². The molecule has 1 saturated heterocycles. The van der Waals surface area contributed by atoms with Gasteiger partial charge in [0.25, 0.3) is 5.92 Å². The van der Waals surface area contributed by atoms with Crippen molar-refractivity contribution in [3.05, 3.63) is 0 Å². The van der Waals surface area contributed by atoms with E-state index in [1.54, 1.807) is 7.05 Å². The van der Waals surface area contributed by atoms with Crippen LogP contribution in [-0.4, -0.2) is 44.0 Å². The predicted molar refractivity (Wildman–Crippen MR) is 49.1 cm³/mol. The van der Waals surface area contributed by atoms with Crippen molar-refractivity contribution < 1.29 is 8.78 Å². The Morgan fingerprint density at radius 1 is 1.54 bits per heavy atom. The molecule has 0 saturated carbocycles. The molecule has 1 rings (SSSR count). The van der Waals surface area contributed by atoms with Gasteiger partial charge in [-0.1, -0.05) is 6.92 Å². The van der Waals surface area contributed by atoms with Crippen LogP contribution >= 0.6 is 0 Å². The minimum atomic E-state index is -2.58. The molecule has 1 fully saturated rings. The van der Waals surface area contributed by atoms with Crippen molar-refractivity contribution in [2.24, 2.45) is 5.92 Å². The van der Waals surface area contributed by atoms with E-state index in [0.29, 0.717) is 5.92 Å². The zero-order valence-corrected chi connectivity index (χ0v) is 8.32. The van der Waals surface area contributed by atoms with Gasteiger partial charge in [-0.2, -0.15) is 0 Å². The summed E-state index contributed by atoms with van der Waals surface area (Å²) in [7, 11) is 1.56. The fourth-order valence-electron chi connectivity index (χ4n) is 1.81. The fourth-order valence-corrected chi connectivity index (χ4v) is 1.81. The zero-order chi connectivity index (χ0) is 9.90. The van der Waals surface area contributed by atoms with Gasteiger partial charge in [-0.25, -0.2) is 8.78 Å². The lowest BCUT2D eigenvalue weighted by Crippen LogP contribution is -2.41. The van der Waals surface area contributed by atoms with Crippen LogP contribution in [0.3, 0.4) is 0 Å². The maximum atomic E-state index is 13.1. The second-order valence-electron chi connectivity index (χ2n) is 4.02. The first kappa shape index (κ1) is 10.9. The van der Waals surface area contributed by atoms with Crippen molar-refractivity contribution in [3.63, 3.8) is 0 Å². The van der Waals surface area contributed by atoms with E-state index in [2.05, 4.69) is 12.2 Å². The van der Waals surface area contributed by atoms with Gasteiger partial charge in [0.2, 0.25) is 0 Å². The predicted octanol–water partition coefficient (Wildman–Crippen LogP) is 1.18. The minimum Gasteiger partial charge on any atom is -0.314 e. The highest BCUT2D eigenvalue weighted by atomic mass is 19.3. The molecule has 0 aromatic rings. The standard InChI is InChI=1S/C9H18F2N2/c1-8-3-4-13(5-8)7-9(10,11)6-12-2/h8,12H,3-7H2,1-2H3. The first-order valence-electron chi connectivity index (χ1n) is 4.78. The van der Waals surface area contributed by atoms with Crippen LogP contribution in [0.5, 0.6) is 0 Å². The molecule has 0 bridgehead atoms. The molecule has 1 unspecified atom stereocenters. The van der Waals surface area contributed by atoms with Crippen LogP contribution in [0.1, 0.15) is 13.3 Å². The van der Waals surface area contributed by atoms with E-state index in [-0.39, 0.29) is 13.1 Å². The molecule has 4 heteroatoms. The fraction of sp³-hybridized carbons (Fsp3) is 1.00. The summed E-state index contributed by atoms with van der Waals surface area (Å²) in [5, 5.41) is 2.52. The van der Waals surface area contributed by atoms with E-state index in [9.17, 15) is 8.78 Å². The highest BCUT2D eigenvalue weighted by molar-refractivity contribution is 4.79. The third-order valence-electron chi connectivity index (χ3n) is 2.40. The van der Waals surface area contributed by atoms with Crippen molar-refractivity contribution in [3.8, 4) is 0 Å². The molecule has 0 spiro atoms. The van der Waals surface area contributed by atoms with Gasteiger partial charge in [-0.15, -0.1) is 0 Å². The summed E-state index contributed by atoms with van der Waals surface area (Å²) in [5.41, 5.74) is 0. The number of hydrogen-bond donors (Lipinski definition) is 1. The lowest BCUT2D eigenvalue weighted by Gasteiger charge is -2.22. The van der Waals surface area contributed by atoms with Crippen molar-refractivity contribution >= 4 is 0 Å². The van der Waals surface area contributed by atoms with Gasteiger partial charge < -0.3 is 5.32 Å². The van der Waals surface area contributed by atoms with Crippen molar-refractivity contribution in [1.29, 1.82) is 0 Å². The van der Waals surface area contributed by atoms with Gasteiger partial charge in [0.15, 0.2) is 0 Å². The van der Waals surface area contributed by atoms with E-state index in [1.807, 2.05) is 4.90 Å². The van der Waals surface area contributed by atoms with Crippen LogP contribution < -0.4 is 5.32 Å². The molecule has 0 radical (unpaired) electrons. The third kappa shape index (κ3) is 3.56. The van der Waals surface area contributed by atoms with Gasteiger partial charge in [-0.05, 0) is 25.9 Å². The Morgan fingerprint density at radius 3 is 2.69 bits per heavy atom. The largest absolute Gasteiger partial charge is 0.314 e. The van der Waals surface area contributed by atoms with E-state index >= 15 is 0 Å². The molecule has 1 N–H and O–H groups in total. The maximum absolute atomic E-state index is 13.1. The minimum absolute atomic E-state index is 0.0990. The topological polar surface area (TPSA) is 15.3 Å². The van der Waals surface area contributed by atoms with Crippen LogP contribution in [0.4, 0.5) is 8.78 Å². The average molecular weight is 192 g/mol.